The number of carbonyl (C=O) groups is 1. The van der Waals surface area contributed by atoms with Crippen LogP contribution >= 0.6 is 0 Å². The third-order valence-corrected chi connectivity index (χ3v) is 3.22. The quantitative estimate of drug-likeness (QED) is 0.841. The maximum atomic E-state index is 12.0. The summed E-state index contributed by atoms with van der Waals surface area (Å²) in [6.45, 7) is 10.5. The first-order chi connectivity index (χ1) is 8.19. The zero-order valence-corrected chi connectivity index (χ0v) is 12.0. The number of nitrogens with one attached hydrogen (secondary N) is 1. The lowest BCUT2D eigenvalue weighted by molar-refractivity contribution is -0.129. The van der Waals surface area contributed by atoms with Crippen LogP contribution in [0.2, 0.25) is 0 Å². The van der Waals surface area contributed by atoms with Crippen LogP contribution in [0.1, 0.15) is 39.2 Å². The predicted octanol–water partition coefficient (Wildman–Crippen LogP) is 1.97. The molecule has 0 aliphatic rings. The second kappa shape index (κ2) is 5.14. The lowest BCUT2D eigenvalue weighted by Crippen LogP contribution is -2.45. The second-order valence-electron chi connectivity index (χ2n) is 6.06. The molecule has 0 saturated carbocycles. The SMILES string of the molecule is Cc1ccc(C(C)(C)CNC(=O)C(C)(C)CN)o1. The van der Waals surface area contributed by atoms with Crippen LogP contribution in [0.3, 0.4) is 0 Å². The van der Waals surface area contributed by atoms with E-state index < -0.39 is 5.41 Å². The van der Waals surface area contributed by atoms with Crippen molar-refractivity contribution in [3.05, 3.63) is 23.7 Å². The van der Waals surface area contributed by atoms with Gasteiger partial charge in [-0.3, -0.25) is 4.79 Å². The number of hydrogen-bond acceptors (Lipinski definition) is 3. The molecule has 0 bridgehead atoms. The van der Waals surface area contributed by atoms with Crippen molar-refractivity contribution in [2.45, 2.75) is 40.0 Å². The van der Waals surface area contributed by atoms with E-state index in [-0.39, 0.29) is 11.3 Å². The number of nitrogens with two attached hydrogens (primary N) is 1. The lowest BCUT2D eigenvalue weighted by Gasteiger charge is -2.27. The van der Waals surface area contributed by atoms with E-state index in [1.165, 1.54) is 0 Å². The van der Waals surface area contributed by atoms with Gasteiger partial charge >= 0.3 is 0 Å². The summed E-state index contributed by atoms with van der Waals surface area (Å²) in [5, 5.41) is 2.94. The smallest absolute Gasteiger partial charge is 0.226 e. The highest BCUT2D eigenvalue weighted by Gasteiger charge is 2.29. The van der Waals surface area contributed by atoms with Gasteiger partial charge in [-0.2, -0.15) is 0 Å². The van der Waals surface area contributed by atoms with Gasteiger partial charge < -0.3 is 15.5 Å². The summed E-state index contributed by atoms with van der Waals surface area (Å²) < 4.78 is 5.62. The number of amides is 1. The topological polar surface area (TPSA) is 68.3 Å². The Morgan fingerprint density at radius 1 is 1.33 bits per heavy atom. The van der Waals surface area contributed by atoms with Crippen LogP contribution < -0.4 is 11.1 Å². The van der Waals surface area contributed by atoms with Crippen molar-refractivity contribution < 1.29 is 9.21 Å². The molecule has 1 aromatic heterocycles. The van der Waals surface area contributed by atoms with Crippen LogP contribution in [0, 0.1) is 12.3 Å². The molecule has 0 aliphatic heterocycles. The Hall–Kier alpha value is -1.29. The van der Waals surface area contributed by atoms with Crippen LogP contribution in [0.25, 0.3) is 0 Å². The Morgan fingerprint density at radius 2 is 1.94 bits per heavy atom. The molecule has 0 aliphatic carbocycles. The van der Waals surface area contributed by atoms with Crippen LogP contribution in [-0.2, 0) is 10.2 Å². The molecule has 0 fully saturated rings. The number of furan rings is 1. The molecule has 4 nitrogen and oxygen atoms in total. The highest BCUT2D eigenvalue weighted by Crippen LogP contribution is 2.24. The summed E-state index contributed by atoms with van der Waals surface area (Å²) in [6.07, 6.45) is 0. The van der Waals surface area contributed by atoms with Crippen molar-refractivity contribution in [1.29, 1.82) is 0 Å². The fourth-order valence-electron chi connectivity index (χ4n) is 1.52. The predicted molar refractivity (Wildman–Crippen MR) is 72.3 cm³/mol. The fourth-order valence-corrected chi connectivity index (χ4v) is 1.52. The summed E-state index contributed by atoms with van der Waals surface area (Å²) in [5.74, 6) is 1.74. The van der Waals surface area contributed by atoms with Crippen LogP contribution in [0.15, 0.2) is 16.5 Å². The van der Waals surface area contributed by atoms with Gasteiger partial charge in [-0.05, 0) is 32.9 Å². The minimum absolute atomic E-state index is 0.0265. The zero-order chi connectivity index (χ0) is 14.0. The Labute approximate surface area is 109 Å². The number of aryl methyl sites for hydroxylation is 1. The minimum atomic E-state index is -0.533. The molecule has 0 aromatic carbocycles. The molecule has 0 atom stereocenters. The highest BCUT2D eigenvalue weighted by molar-refractivity contribution is 5.82. The first-order valence-corrected chi connectivity index (χ1v) is 6.24. The van der Waals surface area contributed by atoms with Gasteiger partial charge in [0.25, 0.3) is 0 Å². The van der Waals surface area contributed by atoms with Gasteiger partial charge in [0, 0.05) is 18.5 Å². The minimum Gasteiger partial charge on any atom is -0.466 e. The molecule has 0 spiro atoms. The monoisotopic (exact) mass is 252 g/mol. The molecule has 1 aromatic rings. The summed E-state index contributed by atoms with van der Waals surface area (Å²) in [6, 6.07) is 3.89. The van der Waals surface area contributed by atoms with Gasteiger partial charge in [0.05, 0.1) is 5.41 Å². The molecule has 4 heteroatoms. The van der Waals surface area contributed by atoms with Crippen LogP contribution in [0.4, 0.5) is 0 Å². The van der Waals surface area contributed by atoms with Gasteiger partial charge in [0.1, 0.15) is 11.5 Å². The van der Waals surface area contributed by atoms with Gasteiger partial charge in [-0.25, -0.2) is 0 Å². The van der Waals surface area contributed by atoms with Crippen molar-refractivity contribution in [2.75, 3.05) is 13.1 Å². The van der Waals surface area contributed by atoms with Crippen LogP contribution in [-0.4, -0.2) is 19.0 Å². The van der Waals surface area contributed by atoms with E-state index in [4.69, 9.17) is 10.2 Å². The normalized spacial score (nSPS) is 12.6. The second-order valence-corrected chi connectivity index (χ2v) is 6.06. The number of rotatable bonds is 5. The number of carbonyl (C=O) groups excluding carboxylic acids is 1. The van der Waals surface area contributed by atoms with Gasteiger partial charge in [0.2, 0.25) is 5.91 Å². The highest BCUT2D eigenvalue weighted by atomic mass is 16.3. The van der Waals surface area contributed by atoms with E-state index in [0.29, 0.717) is 13.1 Å². The lowest BCUT2D eigenvalue weighted by atomic mass is 9.88. The van der Waals surface area contributed by atoms with Crippen LogP contribution in [0.5, 0.6) is 0 Å². The first-order valence-electron chi connectivity index (χ1n) is 6.24. The third-order valence-electron chi connectivity index (χ3n) is 3.22. The molecule has 1 rings (SSSR count). The molecule has 0 saturated heterocycles. The molecular weight excluding hydrogens is 228 g/mol. The number of hydrogen-bond donors (Lipinski definition) is 2. The van der Waals surface area contributed by atoms with Gasteiger partial charge in [0.15, 0.2) is 0 Å². The molecule has 0 radical (unpaired) electrons. The zero-order valence-electron chi connectivity index (χ0n) is 12.0. The Balaban J connectivity index is 2.65. The first kappa shape index (κ1) is 14.8. The molecule has 18 heavy (non-hydrogen) atoms. The van der Waals surface area contributed by atoms with E-state index in [0.717, 1.165) is 11.5 Å². The Morgan fingerprint density at radius 3 is 2.39 bits per heavy atom. The Bertz CT molecular complexity index is 419. The molecule has 1 amide bonds. The molecular formula is C14H24N2O2. The average Bonchev–Trinajstić information content (AvgIpc) is 2.73. The fraction of sp³-hybridized carbons (Fsp3) is 0.643. The van der Waals surface area contributed by atoms with Crippen molar-refractivity contribution in [2.24, 2.45) is 11.1 Å². The summed E-state index contributed by atoms with van der Waals surface area (Å²) in [4.78, 5) is 12.0. The molecule has 1 heterocycles. The van der Waals surface area contributed by atoms with E-state index >= 15 is 0 Å². The van der Waals surface area contributed by atoms with Crippen molar-refractivity contribution in [1.82, 2.24) is 5.32 Å². The van der Waals surface area contributed by atoms with E-state index in [2.05, 4.69) is 5.32 Å². The third kappa shape index (κ3) is 3.35. The van der Waals surface area contributed by atoms with Gasteiger partial charge in [-0.15, -0.1) is 0 Å². The summed E-state index contributed by atoms with van der Waals surface area (Å²) >= 11 is 0. The largest absolute Gasteiger partial charge is 0.466 e. The maximum Gasteiger partial charge on any atom is 0.226 e. The molecule has 3 N–H and O–H groups in total. The van der Waals surface area contributed by atoms with Crippen molar-refractivity contribution in [3.63, 3.8) is 0 Å². The summed E-state index contributed by atoms with van der Waals surface area (Å²) in [5.41, 5.74) is 4.82. The molecule has 0 unspecified atom stereocenters. The van der Waals surface area contributed by atoms with Gasteiger partial charge in [-0.1, -0.05) is 13.8 Å². The standard InChI is InChI=1S/C14H24N2O2/c1-10-6-7-11(18-10)14(4,5)9-16-12(17)13(2,3)8-15/h6-7H,8-9,15H2,1-5H3,(H,16,17). The van der Waals surface area contributed by atoms with E-state index in [1.54, 1.807) is 0 Å². The molecule has 102 valence electrons. The average molecular weight is 252 g/mol. The van der Waals surface area contributed by atoms with Crippen molar-refractivity contribution >= 4 is 5.91 Å². The van der Waals surface area contributed by atoms with E-state index in [1.807, 2.05) is 46.8 Å². The summed E-state index contributed by atoms with van der Waals surface area (Å²) in [7, 11) is 0. The Kier molecular flexibility index (Phi) is 4.22. The van der Waals surface area contributed by atoms with Crippen molar-refractivity contribution in [3.8, 4) is 0 Å². The maximum absolute atomic E-state index is 12.0. The van der Waals surface area contributed by atoms with E-state index in [9.17, 15) is 4.79 Å².